The molecular formula is C19H15NO6. The molecule has 132 valence electrons. The average molecular weight is 353 g/mol. The van der Waals surface area contributed by atoms with Crippen molar-refractivity contribution < 1.29 is 24.9 Å². The molecule has 0 atom stereocenters. The fraction of sp³-hybridized carbons (Fsp3) is 0.0526. The van der Waals surface area contributed by atoms with E-state index in [1.165, 1.54) is 54.3 Å². The average Bonchev–Trinajstić information content (AvgIpc) is 2.61. The number of phenols is 2. The smallest absolute Gasteiger partial charge is 0.328 e. The molecule has 1 aromatic heterocycles. The minimum atomic E-state index is -1.15. The third-order valence-electron chi connectivity index (χ3n) is 3.87. The van der Waals surface area contributed by atoms with Crippen molar-refractivity contribution >= 4 is 22.8 Å². The van der Waals surface area contributed by atoms with Crippen molar-refractivity contribution in [1.29, 1.82) is 0 Å². The molecule has 7 nitrogen and oxygen atoms in total. The second-order valence-corrected chi connectivity index (χ2v) is 5.52. The van der Waals surface area contributed by atoms with Gasteiger partial charge in [0.2, 0.25) is 0 Å². The first-order chi connectivity index (χ1) is 12.4. The van der Waals surface area contributed by atoms with Gasteiger partial charge in [0.1, 0.15) is 17.2 Å². The van der Waals surface area contributed by atoms with Gasteiger partial charge in [-0.3, -0.25) is 9.36 Å². The summed E-state index contributed by atoms with van der Waals surface area (Å²) in [5, 5.41) is 29.0. The monoisotopic (exact) mass is 353 g/mol. The molecule has 0 spiro atoms. The standard InChI is InChI=1S/C19H15NO6/c1-26-14-8-15-11(2-7-17(23)24)10-20(12-3-5-13(21)6-4-12)19(25)18(15)16(22)9-14/h2-10,21-22H,1H3,(H,23,24)/b7-2+. The molecule has 3 rings (SSSR count). The van der Waals surface area contributed by atoms with E-state index in [-0.39, 0.29) is 16.9 Å². The maximum absolute atomic E-state index is 12.9. The number of aliphatic carboxylic acids is 1. The Hall–Kier alpha value is -3.74. The summed E-state index contributed by atoms with van der Waals surface area (Å²) in [4.78, 5) is 23.8. The lowest BCUT2D eigenvalue weighted by molar-refractivity contribution is -0.131. The van der Waals surface area contributed by atoms with Crippen LogP contribution in [-0.4, -0.2) is 33.0 Å². The number of fused-ring (bicyclic) bond motifs is 1. The fourth-order valence-electron chi connectivity index (χ4n) is 2.66. The lowest BCUT2D eigenvalue weighted by atomic mass is 10.0. The highest BCUT2D eigenvalue weighted by Gasteiger charge is 2.14. The van der Waals surface area contributed by atoms with E-state index < -0.39 is 11.5 Å². The molecule has 0 bridgehead atoms. The van der Waals surface area contributed by atoms with Gasteiger partial charge in [-0.15, -0.1) is 0 Å². The quantitative estimate of drug-likeness (QED) is 0.622. The van der Waals surface area contributed by atoms with E-state index in [0.717, 1.165) is 6.08 Å². The SMILES string of the molecule is COc1cc(O)c2c(=O)n(-c3ccc(O)cc3)cc(/C=C/C(=O)O)c2c1. The summed E-state index contributed by atoms with van der Waals surface area (Å²) in [6.07, 6.45) is 3.74. The molecule has 0 unspecified atom stereocenters. The Morgan fingerprint density at radius 2 is 1.85 bits per heavy atom. The van der Waals surface area contributed by atoms with E-state index in [9.17, 15) is 19.8 Å². The van der Waals surface area contributed by atoms with Gasteiger partial charge in [-0.25, -0.2) is 4.79 Å². The van der Waals surface area contributed by atoms with E-state index >= 15 is 0 Å². The molecule has 3 aromatic rings. The number of aromatic nitrogens is 1. The van der Waals surface area contributed by atoms with E-state index in [0.29, 0.717) is 22.4 Å². The molecule has 0 fully saturated rings. The molecule has 2 aromatic carbocycles. The minimum Gasteiger partial charge on any atom is -0.508 e. The molecule has 3 N–H and O–H groups in total. The Labute approximate surface area is 147 Å². The first-order valence-electron chi connectivity index (χ1n) is 7.57. The predicted octanol–water partition coefficient (Wildman–Crippen LogP) is 2.51. The molecule has 0 saturated carbocycles. The minimum absolute atomic E-state index is 0.0337. The van der Waals surface area contributed by atoms with E-state index in [2.05, 4.69) is 0 Å². The highest BCUT2D eigenvalue weighted by atomic mass is 16.5. The maximum atomic E-state index is 12.9. The van der Waals surface area contributed by atoms with Crippen LogP contribution in [-0.2, 0) is 4.79 Å². The van der Waals surface area contributed by atoms with Gasteiger partial charge in [0.25, 0.3) is 5.56 Å². The summed E-state index contributed by atoms with van der Waals surface area (Å²) in [6, 6.07) is 8.79. The number of carboxylic acid groups (broad SMARTS) is 1. The highest BCUT2D eigenvalue weighted by molar-refractivity contribution is 5.97. The van der Waals surface area contributed by atoms with Gasteiger partial charge in [0.15, 0.2) is 0 Å². The number of rotatable bonds is 4. The second-order valence-electron chi connectivity index (χ2n) is 5.52. The van der Waals surface area contributed by atoms with Crippen LogP contribution in [0.5, 0.6) is 17.2 Å². The van der Waals surface area contributed by atoms with Gasteiger partial charge in [-0.05, 0) is 42.0 Å². The maximum Gasteiger partial charge on any atom is 0.328 e. The summed E-state index contributed by atoms with van der Waals surface area (Å²) in [5.74, 6) is -1.04. The van der Waals surface area contributed by atoms with Crippen LogP contribution in [0.25, 0.3) is 22.5 Å². The second kappa shape index (κ2) is 6.64. The summed E-state index contributed by atoms with van der Waals surface area (Å²) in [5.41, 5.74) is 0.373. The number of hydrogen-bond donors (Lipinski definition) is 3. The molecule has 0 radical (unpaired) electrons. The number of hydrogen-bond acceptors (Lipinski definition) is 5. The van der Waals surface area contributed by atoms with Gasteiger partial charge in [0, 0.05) is 29.4 Å². The first kappa shape index (κ1) is 17.1. The zero-order chi connectivity index (χ0) is 18.8. The normalized spacial score (nSPS) is 11.1. The lowest BCUT2D eigenvalue weighted by Crippen LogP contribution is -2.18. The van der Waals surface area contributed by atoms with Crippen molar-refractivity contribution in [3.8, 4) is 22.9 Å². The van der Waals surface area contributed by atoms with Crippen molar-refractivity contribution in [1.82, 2.24) is 4.57 Å². The van der Waals surface area contributed by atoms with Crippen molar-refractivity contribution in [3.05, 3.63) is 64.6 Å². The number of aromatic hydroxyl groups is 2. The Morgan fingerprint density at radius 1 is 1.15 bits per heavy atom. The van der Waals surface area contributed by atoms with Crippen LogP contribution >= 0.6 is 0 Å². The van der Waals surface area contributed by atoms with Crippen molar-refractivity contribution in [2.24, 2.45) is 0 Å². The molecule has 0 aliphatic heterocycles. The topological polar surface area (TPSA) is 109 Å². The van der Waals surface area contributed by atoms with Gasteiger partial charge in [-0.2, -0.15) is 0 Å². The number of carbonyl (C=O) groups is 1. The van der Waals surface area contributed by atoms with Crippen LogP contribution in [0.2, 0.25) is 0 Å². The van der Waals surface area contributed by atoms with Gasteiger partial charge < -0.3 is 20.1 Å². The molecule has 1 heterocycles. The highest BCUT2D eigenvalue weighted by Crippen LogP contribution is 2.31. The number of carboxylic acids is 1. The number of methoxy groups -OCH3 is 1. The van der Waals surface area contributed by atoms with Gasteiger partial charge in [0.05, 0.1) is 12.5 Å². The molecule has 0 aliphatic rings. The van der Waals surface area contributed by atoms with Gasteiger partial charge in [-0.1, -0.05) is 0 Å². The Morgan fingerprint density at radius 3 is 2.46 bits per heavy atom. The van der Waals surface area contributed by atoms with E-state index in [1.807, 2.05) is 0 Å². The summed E-state index contributed by atoms with van der Waals surface area (Å²) in [7, 11) is 1.42. The zero-order valence-electron chi connectivity index (χ0n) is 13.7. The predicted molar refractivity (Wildman–Crippen MR) is 96.1 cm³/mol. The summed E-state index contributed by atoms with van der Waals surface area (Å²) in [6.45, 7) is 0. The summed E-state index contributed by atoms with van der Waals surface area (Å²) >= 11 is 0. The van der Waals surface area contributed by atoms with Crippen molar-refractivity contribution in [3.63, 3.8) is 0 Å². The Balaban J connectivity index is 2.39. The van der Waals surface area contributed by atoms with Crippen LogP contribution in [0.3, 0.4) is 0 Å². The third-order valence-corrected chi connectivity index (χ3v) is 3.87. The van der Waals surface area contributed by atoms with E-state index in [1.54, 1.807) is 6.07 Å². The third kappa shape index (κ3) is 3.10. The molecule has 0 saturated heterocycles. The number of ether oxygens (including phenoxy) is 1. The molecule has 7 heteroatoms. The Kier molecular flexibility index (Phi) is 4.36. The van der Waals surface area contributed by atoms with Crippen LogP contribution in [0.4, 0.5) is 0 Å². The van der Waals surface area contributed by atoms with Gasteiger partial charge >= 0.3 is 5.97 Å². The van der Waals surface area contributed by atoms with Crippen LogP contribution in [0, 0.1) is 0 Å². The number of benzene rings is 2. The van der Waals surface area contributed by atoms with Crippen LogP contribution in [0.1, 0.15) is 5.56 Å². The summed E-state index contributed by atoms with van der Waals surface area (Å²) < 4.78 is 6.39. The first-order valence-corrected chi connectivity index (χ1v) is 7.57. The van der Waals surface area contributed by atoms with Crippen molar-refractivity contribution in [2.45, 2.75) is 0 Å². The van der Waals surface area contributed by atoms with Crippen molar-refractivity contribution in [2.75, 3.05) is 7.11 Å². The largest absolute Gasteiger partial charge is 0.508 e. The zero-order valence-corrected chi connectivity index (χ0v) is 13.7. The Bertz CT molecular complexity index is 1080. The number of pyridine rings is 1. The van der Waals surface area contributed by atoms with Crippen LogP contribution in [0.15, 0.2) is 53.5 Å². The molecule has 0 aliphatic carbocycles. The molecule has 0 amide bonds. The fourth-order valence-corrected chi connectivity index (χ4v) is 2.66. The number of nitrogens with zero attached hydrogens (tertiary/aromatic N) is 1. The molecule has 26 heavy (non-hydrogen) atoms. The van der Waals surface area contributed by atoms with Crippen LogP contribution < -0.4 is 10.3 Å². The lowest BCUT2D eigenvalue weighted by Gasteiger charge is -2.13. The molecular weight excluding hydrogens is 338 g/mol. The van der Waals surface area contributed by atoms with E-state index in [4.69, 9.17) is 9.84 Å². The number of phenolic OH excluding ortho intramolecular Hbond substituents is 2.